The van der Waals surface area contributed by atoms with Crippen LogP contribution in [0.25, 0.3) is 0 Å². The van der Waals surface area contributed by atoms with Gasteiger partial charge in [0.1, 0.15) is 20.2 Å². The Kier molecular flexibility index (Phi) is 4.90. The smallest absolute Gasteiger partial charge is 0.149 e. The molecule has 0 saturated heterocycles. The summed E-state index contributed by atoms with van der Waals surface area (Å²) in [6.45, 7) is 0. The van der Waals surface area contributed by atoms with Crippen molar-refractivity contribution < 1.29 is 46.0 Å². The number of rotatable bonds is 2. The second-order valence-electron chi connectivity index (χ2n) is 1.13. The molecule has 0 aliphatic carbocycles. The first-order valence-corrected chi connectivity index (χ1v) is 4.51. The topological polar surface area (TPSA) is 109 Å². The monoisotopic (exact) mass is 368 g/mol. The molecular weight excluding hydrogens is 364 g/mol. The number of hydrogen-bond donors (Lipinski definition) is 2. The summed E-state index contributed by atoms with van der Waals surface area (Å²) in [5.41, 5.74) is 0. The molecule has 10 heavy (non-hydrogen) atoms. The molecule has 0 heterocycles. The molecule has 1 radical (unpaired) electrons. The fourth-order valence-electron chi connectivity index (χ4n) is 0.154. The SMILES string of the molecule is O=S(=O)(O)[CH-]S(=O)(=O)O.[Ir]. The Balaban J connectivity index is 0. The van der Waals surface area contributed by atoms with Crippen molar-refractivity contribution in [1.82, 2.24) is 0 Å². The van der Waals surface area contributed by atoms with Crippen molar-refractivity contribution in [3.8, 4) is 0 Å². The van der Waals surface area contributed by atoms with Gasteiger partial charge in [0.25, 0.3) is 0 Å². The summed E-state index contributed by atoms with van der Waals surface area (Å²) in [5.74, 6) is 0. The van der Waals surface area contributed by atoms with Gasteiger partial charge in [0, 0.05) is 20.1 Å². The molecule has 0 saturated carbocycles. The second kappa shape index (κ2) is 3.74. The van der Waals surface area contributed by atoms with E-state index in [2.05, 4.69) is 0 Å². The number of hydrogen-bond acceptors (Lipinski definition) is 4. The van der Waals surface area contributed by atoms with Crippen LogP contribution in [0.3, 0.4) is 0 Å². The standard InChI is InChI=1S/CH3O6S2.Ir/c2-8(3,4)1-9(5,6)7;/h1H,(H,2,3,4)(H,5,6,7);/q-1;. The van der Waals surface area contributed by atoms with E-state index in [0.29, 0.717) is 0 Å². The van der Waals surface area contributed by atoms with Gasteiger partial charge in [0.15, 0.2) is 0 Å². The summed E-state index contributed by atoms with van der Waals surface area (Å²) < 4.78 is 53.9. The molecule has 6 nitrogen and oxygen atoms in total. The largest absolute Gasteiger partial charge is 0.309 e. The molecule has 0 aromatic heterocycles. The molecule has 0 atom stereocenters. The van der Waals surface area contributed by atoms with Crippen molar-refractivity contribution >= 4 is 20.2 Å². The summed E-state index contributed by atoms with van der Waals surface area (Å²) in [6, 6.07) is 0. The fourth-order valence-corrected chi connectivity index (χ4v) is 1.38. The normalized spacial score (nSPS) is 12.2. The summed E-state index contributed by atoms with van der Waals surface area (Å²) in [5, 5.41) is -0.569. The van der Waals surface area contributed by atoms with E-state index in [9.17, 15) is 16.8 Å². The Bertz CT molecular complexity index is 241. The van der Waals surface area contributed by atoms with Crippen LogP contribution in [0.4, 0.5) is 0 Å². The van der Waals surface area contributed by atoms with E-state index in [1.807, 2.05) is 0 Å². The van der Waals surface area contributed by atoms with Gasteiger partial charge in [0.05, 0.1) is 0 Å². The quantitative estimate of drug-likeness (QED) is 0.473. The average Bonchev–Trinajstić information content (AvgIpc) is 1.14. The molecule has 0 aromatic rings. The van der Waals surface area contributed by atoms with Crippen molar-refractivity contribution in [1.29, 1.82) is 0 Å². The molecule has 0 fully saturated rings. The van der Waals surface area contributed by atoms with Crippen LogP contribution in [0.1, 0.15) is 0 Å². The molecule has 9 heteroatoms. The van der Waals surface area contributed by atoms with Crippen molar-refractivity contribution in [3.63, 3.8) is 0 Å². The van der Waals surface area contributed by atoms with E-state index in [-0.39, 0.29) is 20.1 Å². The van der Waals surface area contributed by atoms with Crippen LogP contribution in [0.15, 0.2) is 0 Å². The molecule has 0 aliphatic rings. The zero-order valence-corrected chi connectivity index (χ0v) is 8.28. The molecular formula is CH3IrO6S2-. The Labute approximate surface area is 71.5 Å². The van der Waals surface area contributed by atoms with Gasteiger partial charge in [-0.25, -0.2) is 16.8 Å². The van der Waals surface area contributed by atoms with E-state index in [1.54, 1.807) is 0 Å². The summed E-state index contributed by atoms with van der Waals surface area (Å²) in [4.78, 5) is 0. The second-order valence-corrected chi connectivity index (χ2v) is 3.96. The average molecular weight is 367 g/mol. The third-order valence-electron chi connectivity index (χ3n) is 0.243. The van der Waals surface area contributed by atoms with E-state index in [0.717, 1.165) is 0 Å². The maximum absolute atomic E-state index is 9.61. The van der Waals surface area contributed by atoms with Crippen LogP contribution >= 0.6 is 0 Å². The molecule has 0 rings (SSSR count). The first-order chi connectivity index (χ1) is 3.71. The van der Waals surface area contributed by atoms with Gasteiger partial charge in [-0.3, -0.25) is 0 Å². The molecule has 0 unspecified atom stereocenters. The van der Waals surface area contributed by atoms with Crippen LogP contribution in [0, 0.1) is 5.08 Å². The maximum Gasteiger partial charge on any atom is 0.149 e. The summed E-state index contributed by atoms with van der Waals surface area (Å²) >= 11 is 0. The minimum absolute atomic E-state index is 0. The van der Waals surface area contributed by atoms with E-state index >= 15 is 0 Å². The molecule has 65 valence electrons. The molecule has 0 amide bonds. The van der Waals surface area contributed by atoms with Gasteiger partial charge in [-0.15, -0.1) is 0 Å². The molecule has 0 bridgehead atoms. The summed E-state index contributed by atoms with van der Waals surface area (Å²) in [7, 11) is -9.49. The van der Waals surface area contributed by atoms with Gasteiger partial charge in [-0.05, 0) is 5.08 Å². The van der Waals surface area contributed by atoms with Gasteiger partial charge < -0.3 is 9.11 Å². The van der Waals surface area contributed by atoms with Crippen molar-refractivity contribution in [2.75, 3.05) is 0 Å². The fraction of sp³-hybridized carbons (Fsp3) is 0. The van der Waals surface area contributed by atoms with Gasteiger partial charge in [-0.2, -0.15) is 0 Å². The van der Waals surface area contributed by atoms with Crippen LogP contribution < -0.4 is 0 Å². The van der Waals surface area contributed by atoms with E-state index < -0.39 is 25.3 Å². The predicted molar refractivity (Wildman–Crippen MR) is 27.4 cm³/mol. The maximum atomic E-state index is 9.61. The van der Waals surface area contributed by atoms with Crippen LogP contribution in [0.2, 0.25) is 0 Å². The Hall–Kier alpha value is 0.469. The first-order valence-electron chi connectivity index (χ1n) is 1.50. The van der Waals surface area contributed by atoms with Gasteiger partial charge in [-0.1, -0.05) is 0 Å². The molecule has 0 aromatic carbocycles. The molecule has 2 N–H and O–H groups in total. The van der Waals surface area contributed by atoms with Crippen molar-refractivity contribution in [2.45, 2.75) is 0 Å². The van der Waals surface area contributed by atoms with E-state index in [1.165, 1.54) is 0 Å². The first kappa shape index (κ1) is 13.1. The Morgan fingerprint density at radius 2 is 1.10 bits per heavy atom. The molecule has 0 aliphatic heterocycles. The zero-order valence-electron chi connectivity index (χ0n) is 4.25. The van der Waals surface area contributed by atoms with Crippen LogP contribution in [-0.2, 0) is 40.3 Å². The third-order valence-corrected chi connectivity index (χ3v) is 2.19. The van der Waals surface area contributed by atoms with Crippen molar-refractivity contribution in [2.24, 2.45) is 0 Å². The molecule has 0 spiro atoms. The Morgan fingerprint density at radius 3 is 1.10 bits per heavy atom. The minimum Gasteiger partial charge on any atom is -0.309 e. The zero-order chi connectivity index (χ0) is 7.71. The predicted octanol–water partition coefficient (Wildman–Crippen LogP) is -1.12. The Morgan fingerprint density at radius 1 is 0.900 bits per heavy atom. The van der Waals surface area contributed by atoms with Gasteiger partial charge >= 0.3 is 0 Å². The van der Waals surface area contributed by atoms with Crippen molar-refractivity contribution in [3.05, 3.63) is 5.08 Å². The van der Waals surface area contributed by atoms with Gasteiger partial charge in [0.2, 0.25) is 0 Å². The summed E-state index contributed by atoms with van der Waals surface area (Å²) in [6.07, 6.45) is 0. The van der Waals surface area contributed by atoms with Crippen LogP contribution in [-0.4, -0.2) is 25.9 Å². The van der Waals surface area contributed by atoms with Crippen LogP contribution in [0.5, 0.6) is 0 Å². The van der Waals surface area contributed by atoms with E-state index in [4.69, 9.17) is 9.11 Å². The third kappa shape index (κ3) is 11.3. The minimum atomic E-state index is -4.74.